The summed E-state index contributed by atoms with van der Waals surface area (Å²) in [6, 6.07) is -0.0670. The minimum Gasteiger partial charge on any atom is -0.383 e. The molecular weight excluding hydrogens is 274 g/mol. The fourth-order valence-corrected chi connectivity index (χ4v) is 1.69. The molecule has 0 amide bonds. The molecule has 0 radical (unpaired) electrons. The van der Waals surface area contributed by atoms with Crippen LogP contribution in [0.2, 0.25) is 0 Å². The van der Waals surface area contributed by atoms with Crippen molar-refractivity contribution in [2.45, 2.75) is 33.2 Å². The van der Waals surface area contributed by atoms with Crippen molar-refractivity contribution in [3.63, 3.8) is 0 Å². The third kappa shape index (κ3) is 5.14. The van der Waals surface area contributed by atoms with E-state index in [0.717, 1.165) is 6.42 Å². The number of aromatic nitrogens is 2. The second-order valence-electron chi connectivity index (χ2n) is 5.06. The second-order valence-corrected chi connectivity index (χ2v) is 5.06. The molecule has 1 atom stereocenters. The van der Waals surface area contributed by atoms with E-state index in [4.69, 9.17) is 4.74 Å². The fraction of sp³-hybridized carbons (Fsp3) is 0.692. The Bertz CT molecular complexity index is 467. The molecule has 1 rings (SSSR count). The highest BCUT2D eigenvalue weighted by Crippen LogP contribution is 2.24. The lowest BCUT2D eigenvalue weighted by Crippen LogP contribution is -2.31. The van der Waals surface area contributed by atoms with Crippen LogP contribution in [-0.4, -0.2) is 41.2 Å². The maximum absolute atomic E-state index is 11.1. The summed E-state index contributed by atoms with van der Waals surface area (Å²) >= 11 is 0. The molecule has 1 aromatic rings. The van der Waals surface area contributed by atoms with Crippen molar-refractivity contribution in [2.24, 2.45) is 5.92 Å². The van der Waals surface area contributed by atoms with Crippen molar-refractivity contribution in [2.75, 3.05) is 30.9 Å². The molecule has 21 heavy (non-hydrogen) atoms. The first kappa shape index (κ1) is 17.1. The molecule has 0 bridgehead atoms. The summed E-state index contributed by atoms with van der Waals surface area (Å²) in [6.07, 6.45) is 2.14. The lowest BCUT2D eigenvalue weighted by Gasteiger charge is -2.22. The topological polar surface area (TPSA) is 102 Å². The standard InChI is InChI=1S/C13H23N5O3/c1-5-6-14-13-15-7-11(18(19)20)12(17-13)16-10(8-21-4)9(2)3/h7,9-10H,5-6,8H2,1-4H3,(H2,14,15,16,17). The molecule has 1 heterocycles. The minimum absolute atomic E-state index is 0.0670. The van der Waals surface area contributed by atoms with Crippen molar-refractivity contribution < 1.29 is 9.66 Å². The molecule has 0 fully saturated rings. The van der Waals surface area contributed by atoms with Gasteiger partial charge >= 0.3 is 5.69 Å². The highest BCUT2D eigenvalue weighted by atomic mass is 16.6. The Labute approximate surface area is 124 Å². The summed E-state index contributed by atoms with van der Waals surface area (Å²) in [5, 5.41) is 17.2. The molecule has 1 aromatic heterocycles. The maximum atomic E-state index is 11.1. The summed E-state index contributed by atoms with van der Waals surface area (Å²) in [6.45, 7) is 7.20. The van der Waals surface area contributed by atoms with Gasteiger partial charge < -0.3 is 15.4 Å². The van der Waals surface area contributed by atoms with E-state index in [1.165, 1.54) is 6.20 Å². The molecule has 8 nitrogen and oxygen atoms in total. The molecular formula is C13H23N5O3. The summed E-state index contributed by atoms with van der Waals surface area (Å²) in [4.78, 5) is 18.8. The van der Waals surface area contributed by atoms with E-state index >= 15 is 0 Å². The molecule has 118 valence electrons. The van der Waals surface area contributed by atoms with Crippen molar-refractivity contribution in [3.8, 4) is 0 Å². The lowest BCUT2D eigenvalue weighted by atomic mass is 10.1. The third-order valence-corrected chi connectivity index (χ3v) is 2.97. The van der Waals surface area contributed by atoms with E-state index < -0.39 is 4.92 Å². The largest absolute Gasteiger partial charge is 0.383 e. The van der Waals surface area contributed by atoms with Gasteiger partial charge in [0.15, 0.2) is 0 Å². The molecule has 0 saturated heterocycles. The van der Waals surface area contributed by atoms with Crippen LogP contribution in [0, 0.1) is 16.0 Å². The van der Waals surface area contributed by atoms with Crippen molar-refractivity contribution in [3.05, 3.63) is 16.3 Å². The van der Waals surface area contributed by atoms with Gasteiger partial charge in [0.1, 0.15) is 6.20 Å². The molecule has 0 aliphatic carbocycles. The number of hydrogen-bond donors (Lipinski definition) is 2. The molecule has 0 spiro atoms. The van der Waals surface area contributed by atoms with Gasteiger partial charge in [-0.1, -0.05) is 20.8 Å². The van der Waals surface area contributed by atoms with Gasteiger partial charge in [0.05, 0.1) is 17.6 Å². The van der Waals surface area contributed by atoms with E-state index in [0.29, 0.717) is 19.1 Å². The van der Waals surface area contributed by atoms with Crippen LogP contribution in [0.15, 0.2) is 6.20 Å². The van der Waals surface area contributed by atoms with E-state index in [1.54, 1.807) is 7.11 Å². The quantitative estimate of drug-likeness (QED) is 0.532. The average Bonchev–Trinajstić information content (AvgIpc) is 2.44. The van der Waals surface area contributed by atoms with Crippen LogP contribution >= 0.6 is 0 Å². The first-order valence-electron chi connectivity index (χ1n) is 7.00. The summed E-state index contributed by atoms with van der Waals surface area (Å²) < 4.78 is 5.14. The van der Waals surface area contributed by atoms with Gasteiger partial charge in [-0.3, -0.25) is 10.1 Å². The number of nitro groups is 1. The first-order valence-corrected chi connectivity index (χ1v) is 7.00. The van der Waals surface area contributed by atoms with Gasteiger partial charge in [-0.05, 0) is 12.3 Å². The molecule has 8 heteroatoms. The number of nitrogens with zero attached hydrogens (tertiary/aromatic N) is 3. The Hall–Kier alpha value is -1.96. The fourth-order valence-electron chi connectivity index (χ4n) is 1.69. The predicted molar refractivity (Wildman–Crippen MR) is 81.6 cm³/mol. The van der Waals surface area contributed by atoms with Gasteiger partial charge in [-0.25, -0.2) is 4.98 Å². The van der Waals surface area contributed by atoms with Crippen molar-refractivity contribution in [1.82, 2.24) is 9.97 Å². The SMILES string of the molecule is CCCNc1ncc([N+](=O)[O-])c(NC(COC)C(C)C)n1. The summed E-state index contributed by atoms with van der Waals surface area (Å²) in [7, 11) is 1.60. The third-order valence-electron chi connectivity index (χ3n) is 2.97. The molecule has 0 aliphatic rings. The monoisotopic (exact) mass is 297 g/mol. The van der Waals surface area contributed by atoms with Gasteiger partial charge in [0.2, 0.25) is 11.8 Å². The van der Waals surface area contributed by atoms with Crippen molar-refractivity contribution in [1.29, 1.82) is 0 Å². The zero-order valence-electron chi connectivity index (χ0n) is 12.9. The van der Waals surface area contributed by atoms with E-state index in [1.807, 2.05) is 20.8 Å². The van der Waals surface area contributed by atoms with Gasteiger partial charge in [0, 0.05) is 13.7 Å². The number of ether oxygens (including phenoxy) is 1. The van der Waals surface area contributed by atoms with Crippen LogP contribution in [0.3, 0.4) is 0 Å². The van der Waals surface area contributed by atoms with Gasteiger partial charge in [-0.2, -0.15) is 4.98 Å². The molecule has 0 saturated carbocycles. The highest BCUT2D eigenvalue weighted by molar-refractivity contribution is 5.57. The Morgan fingerprint density at radius 2 is 2.19 bits per heavy atom. The molecule has 2 N–H and O–H groups in total. The number of rotatable bonds is 9. The Kier molecular flexibility index (Phi) is 6.80. The minimum atomic E-state index is -0.490. The molecule has 0 aromatic carbocycles. The van der Waals surface area contributed by atoms with Crippen LogP contribution in [-0.2, 0) is 4.74 Å². The lowest BCUT2D eigenvalue weighted by molar-refractivity contribution is -0.384. The number of methoxy groups -OCH3 is 1. The van der Waals surface area contributed by atoms with Gasteiger partial charge in [0.25, 0.3) is 0 Å². The summed E-state index contributed by atoms with van der Waals surface area (Å²) in [5.74, 6) is 0.834. The zero-order chi connectivity index (χ0) is 15.8. The summed E-state index contributed by atoms with van der Waals surface area (Å²) in [5.41, 5.74) is -0.140. The van der Waals surface area contributed by atoms with E-state index in [2.05, 4.69) is 20.6 Å². The zero-order valence-corrected chi connectivity index (χ0v) is 12.9. The second kappa shape index (κ2) is 8.35. The average molecular weight is 297 g/mol. The number of anilines is 2. The normalized spacial score (nSPS) is 12.2. The van der Waals surface area contributed by atoms with Crippen molar-refractivity contribution >= 4 is 17.5 Å². The van der Waals surface area contributed by atoms with Crippen LogP contribution in [0.5, 0.6) is 0 Å². The van der Waals surface area contributed by atoms with Crippen LogP contribution < -0.4 is 10.6 Å². The Morgan fingerprint density at radius 1 is 1.48 bits per heavy atom. The van der Waals surface area contributed by atoms with Crippen LogP contribution in [0.25, 0.3) is 0 Å². The van der Waals surface area contributed by atoms with Crippen LogP contribution in [0.4, 0.5) is 17.5 Å². The molecule has 1 unspecified atom stereocenters. The highest BCUT2D eigenvalue weighted by Gasteiger charge is 2.22. The maximum Gasteiger partial charge on any atom is 0.329 e. The van der Waals surface area contributed by atoms with E-state index in [9.17, 15) is 10.1 Å². The predicted octanol–water partition coefficient (Wildman–Crippen LogP) is 2.29. The van der Waals surface area contributed by atoms with E-state index in [-0.39, 0.29) is 23.5 Å². The Morgan fingerprint density at radius 3 is 2.71 bits per heavy atom. The van der Waals surface area contributed by atoms with Gasteiger partial charge in [-0.15, -0.1) is 0 Å². The number of hydrogen-bond acceptors (Lipinski definition) is 7. The Balaban J connectivity index is 3.01. The smallest absolute Gasteiger partial charge is 0.329 e. The number of nitrogens with one attached hydrogen (secondary N) is 2. The molecule has 0 aliphatic heterocycles. The van der Waals surface area contributed by atoms with Crippen LogP contribution in [0.1, 0.15) is 27.2 Å². The first-order chi connectivity index (χ1) is 9.99.